The molecule has 1 fully saturated rings. The van der Waals surface area contributed by atoms with Crippen molar-refractivity contribution in [1.82, 2.24) is 4.90 Å². The van der Waals surface area contributed by atoms with Crippen molar-refractivity contribution in [2.75, 3.05) is 19.7 Å². The van der Waals surface area contributed by atoms with Crippen LogP contribution in [0.1, 0.15) is 35.0 Å². The van der Waals surface area contributed by atoms with E-state index < -0.39 is 0 Å². The number of amides is 1. The van der Waals surface area contributed by atoms with Crippen LogP contribution in [0.2, 0.25) is 0 Å². The molecule has 1 amide bonds. The van der Waals surface area contributed by atoms with E-state index in [-0.39, 0.29) is 12.0 Å². The van der Waals surface area contributed by atoms with Crippen LogP contribution < -0.4 is 0 Å². The van der Waals surface area contributed by atoms with Crippen LogP contribution in [-0.4, -0.2) is 36.6 Å². The Labute approximate surface area is 120 Å². The fourth-order valence-electron chi connectivity index (χ4n) is 2.05. The third-order valence-electron chi connectivity index (χ3n) is 3.16. The molecular formula is C13H18BrNO2S. The van der Waals surface area contributed by atoms with Gasteiger partial charge in [-0.3, -0.25) is 4.79 Å². The van der Waals surface area contributed by atoms with E-state index in [1.54, 1.807) is 0 Å². The Bertz CT molecular complexity index is 413. The predicted octanol–water partition coefficient (Wildman–Crippen LogP) is 3.46. The standard InChI is InChI=1S/C13H18BrNO2S/c1-3-10-8-15(5-4-6-17-10)13(16)11-7-9(2)12(14)18-11/h7,10H,3-6,8H2,1-2H3. The predicted molar refractivity (Wildman–Crippen MR) is 77.3 cm³/mol. The monoisotopic (exact) mass is 331 g/mol. The summed E-state index contributed by atoms with van der Waals surface area (Å²) in [5.41, 5.74) is 1.13. The van der Waals surface area contributed by atoms with Crippen molar-refractivity contribution in [3.8, 4) is 0 Å². The van der Waals surface area contributed by atoms with E-state index in [2.05, 4.69) is 22.9 Å². The second kappa shape index (κ2) is 6.17. The number of thiophene rings is 1. The molecule has 2 rings (SSSR count). The zero-order valence-electron chi connectivity index (χ0n) is 10.7. The quantitative estimate of drug-likeness (QED) is 0.830. The van der Waals surface area contributed by atoms with Crippen LogP contribution in [-0.2, 0) is 4.74 Å². The van der Waals surface area contributed by atoms with Gasteiger partial charge in [-0.2, -0.15) is 0 Å². The molecule has 0 aliphatic carbocycles. The first-order chi connectivity index (χ1) is 8.61. The summed E-state index contributed by atoms with van der Waals surface area (Å²) < 4.78 is 6.74. The number of halogens is 1. The number of ether oxygens (including phenoxy) is 1. The third kappa shape index (κ3) is 3.13. The summed E-state index contributed by atoms with van der Waals surface area (Å²) in [7, 11) is 0. The van der Waals surface area contributed by atoms with Crippen molar-refractivity contribution in [2.45, 2.75) is 32.8 Å². The third-order valence-corrected chi connectivity index (χ3v) is 5.29. The average molecular weight is 332 g/mol. The molecule has 1 aliphatic heterocycles. The Morgan fingerprint density at radius 3 is 3.06 bits per heavy atom. The highest BCUT2D eigenvalue weighted by Crippen LogP contribution is 2.28. The van der Waals surface area contributed by atoms with Gasteiger partial charge in [-0.25, -0.2) is 0 Å². The summed E-state index contributed by atoms with van der Waals surface area (Å²) in [6, 6.07) is 1.96. The van der Waals surface area contributed by atoms with Gasteiger partial charge in [0.2, 0.25) is 0 Å². The van der Waals surface area contributed by atoms with E-state index in [0.29, 0.717) is 6.54 Å². The Kier molecular flexibility index (Phi) is 4.81. The van der Waals surface area contributed by atoms with Crippen molar-refractivity contribution in [1.29, 1.82) is 0 Å². The summed E-state index contributed by atoms with van der Waals surface area (Å²) in [6.45, 7) is 6.38. The topological polar surface area (TPSA) is 29.5 Å². The summed E-state index contributed by atoms with van der Waals surface area (Å²) >= 11 is 4.99. The fourth-order valence-corrected chi connectivity index (χ4v) is 3.55. The second-order valence-electron chi connectivity index (χ2n) is 4.57. The lowest BCUT2D eigenvalue weighted by Crippen LogP contribution is -2.36. The number of hydrogen-bond donors (Lipinski definition) is 0. The lowest BCUT2D eigenvalue weighted by molar-refractivity contribution is 0.0462. The van der Waals surface area contributed by atoms with Crippen molar-refractivity contribution < 1.29 is 9.53 Å². The van der Waals surface area contributed by atoms with Crippen LogP contribution in [0.5, 0.6) is 0 Å². The molecule has 1 unspecified atom stereocenters. The maximum atomic E-state index is 12.4. The van der Waals surface area contributed by atoms with Crippen molar-refractivity contribution in [3.63, 3.8) is 0 Å². The normalized spacial score (nSPS) is 20.8. The van der Waals surface area contributed by atoms with E-state index >= 15 is 0 Å². The van der Waals surface area contributed by atoms with Gasteiger partial charge in [0, 0.05) is 19.7 Å². The fraction of sp³-hybridized carbons (Fsp3) is 0.615. The molecule has 0 radical (unpaired) electrons. The van der Waals surface area contributed by atoms with Crippen LogP contribution in [0, 0.1) is 6.92 Å². The van der Waals surface area contributed by atoms with Gasteiger partial charge < -0.3 is 9.64 Å². The van der Waals surface area contributed by atoms with Crippen LogP contribution in [0.15, 0.2) is 9.85 Å². The number of rotatable bonds is 2. The lowest BCUT2D eigenvalue weighted by Gasteiger charge is -2.22. The molecule has 0 bridgehead atoms. The van der Waals surface area contributed by atoms with Crippen LogP contribution >= 0.6 is 27.3 Å². The highest BCUT2D eigenvalue weighted by Gasteiger charge is 2.23. The molecule has 0 N–H and O–H groups in total. The molecule has 1 atom stereocenters. The summed E-state index contributed by atoms with van der Waals surface area (Å²) in [5.74, 6) is 0.137. The molecule has 0 saturated carbocycles. The summed E-state index contributed by atoms with van der Waals surface area (Å²) in [5, 5.41) is 0. The van der Waals surface area contributed by atoms with Gasteiger partial charge >= 0.3 is 0 Å². The summed E-state index contributed by atoms with van der Waals surface area (Å²) in [4.78, 5) is 15.2. The van der Waals surface area contributed by atoms with E-state index in [0.717, 1.165) is 40.2 Å². The minimum absolute atomic E-state index is 0.137. The Morgan fingerprint density at radius 2 is 2.44 bits per heavy atom. The molecule has 3 nitrogen and oxygen atoms in total. The smallest absolute Gasteiger partial charge is 0.264 e. The largest absolute Gasteiger partial charge is 0.376 e. The Morgan fingerprint density at radius 1 is 1.67 bits per heavy atom. The van der Waals surface area contributed by atoms with Gasteiger partial charge in [-0.05, 0) is 47.3 Å². The van der Waals surface area contributed by atoms with Crippen molar-refractivity contribution in [2.24, 2.45) is 0 Å². The highest BCUT2D eigenvalue weighted by molar-refractivity contribution is 9.11. The van der Waals surface area contributed by atoms with Gasteiger partial charge in [0.25, 0.3) is 5.91 Å². The molecule has 1 aromatic heterocycles. The molecule has 0 aromatic carbocycles. The van der Waals surface area contributed by atoms with Crippen LogP contribution in [0.3, 0.4) is 0 Å². The van der Waals surface area contributed by atoms with Gasteiger partial charge in [-0.15, -0.1) is 11.3 Å². The van der Waals surface area contributed by atoms with E-state index in [4.69, 9.17) is 4.74 Å². The highest BCUT2D eigenvalue weighted by atomic mass is 79.9. The van der Waals surface area contributed by atoms with E-state index in [1.807, 2.05) is 17.9 Å². The zero-order valence-corrected chi connectivity index (χ0v) is 13.1. The minimum Gasteiger partial charge on any atom is -0.376 e. The Hall–Kier alpha value is -0.390. The summed E-state index contributed by atoms with van der Waals surface area (Å²) in [6.07, 6.45) is 2.06. The maximum Gasteiger partial charge on any atom is 0.264 e. The van der Waals surface area contributed by atoms with Crippen molar-refractivity contribution >= 4 is 33.2 Å². The van der Waals surface area contributed by atoms with Crippen LogP contribution in [0.25, 0.3) is 0 Å². The molecular weight excluding hydrogens is 314 g/mol. The van der Waals surface area contributed by atoms with E-state index in [1.165, 1.54) is 11.3 Å². The minimum atomic E-state index is 0.137. The van der Waals surface area contributed by atoms with Crippen molar-refractivity contribution in [3.05, 3.63) is 20.3 Å². The second-order valence-corrected chi connectivity index (χ2v) is 6.94. The van der Waals surface area contributed by atoms with Gasteiger partial charge in [0.05, 0.1) is 14.8 Å². The number of nitrogens with zero attached hydrogens (tertiary/aromatic N) is 1. The number of aryl methyl sites for hydroxylation is 1. The van der Waals surface area contributed by atoms with E-state index in [9.17, 15) is 4.79 Å². The molecule has 1 saturated heterocycles. The molecule has 100 valence electrons. The molecule has 1 aliphatic rings. The Balaban J connectivity index is 2.11. The molecule has 0 spiro atoms. The average Bonchev–Trinajstić information content (AvgIpc) is 2.58. The van der Waals surface area contributed by atoms with Gasteiger partial charge in [0.1, 0.15) is 0 Å². The first-order valence-electron chi connectivity index (χ1n) is 6.28. The lowest BCUT2D eigenvalue weighted by atomic mass is 10.2. The molecule has 1 aromatic rings. The number of carbonyl (C=O) groups excluding carboxylic acids is 1. The zero-order chi connectivity index (χ0) is 13.1. The number of carbonyl (C=O) groups is 1. The van der Waals surface area contributed by atoms with Crippen LogP contribution in [0.4, 0.5) is 0 Å². The molecule has 5 heteroatoms. The first kappa shape index (κ1) is 14.0. The van der Waals surface area contributed by atoms with Gasteiger partial charge in [0.15, 0.2) is 0 Å². The number of hydrogen-bond acceptors (Lipinski definition) is 3. The maximum absolute atomic E-state index is 12.4. The molecule has 2 heterocycles. The SMILES string of the molecule is CCC1CN(C(=O)c2cc(C)c(Br)s2)CCCO1. The van der Waals surface area contributed by atoms with Gasteiger partial charge in [-0.1, -0.05) is 6.92 Å². The first-order valence-corrected chi connectivity index (χ1v) is 7.89. The molecule has 18 heavy (non-hydrogen) atoms.